The van der Waals surface area contributed by atoms with Gasteiger partial charge in [-0.25, -0.2) is 4.31 Å². The number of piperazine rings is 1. The topological polar surface area (TPSA) is 54.2 Å². The fraction of sp³-hybridized carbons (Fsp3) is 0.391. The van der Waals surface area contributed by atoms with Gasteiger partial charge >= 0.3 is 0 Å². The second kappa shape index (κ2) is 9.33. The first-order chi connectivity index (χ1) is 14.1. The summed E-state index contributed by atoms with van der Waals surface area (Å²) in [5, 5.41) is 19.0. The zero-order valence-electron chi connectivity index (χ0n) is 16.5. The summed E-state index contributed by atoms with van der Waals surface area (Å²) >= 11 is 8.03. The third-order valence-electron chi connectivity index (χ3n) is 5.74. The highest BCUT2D eigenvalue weighted by Gasteiger charge is 2.25. The molecule has 4 nitrogen and oxygen atoms in total. The minimum absolute atomic E-state index is 0.428. The summed E-state index contributed by atoms with van der Waals surface area (Å²) in [5.74, 6) is 0.518. The molecule has 2 aromatic rings. The summed E-state index contributed by atoms with van der Waals surface area (Å²) in [6, 6.07) is 15.1. The van der Waals surface area contributed by atoms with Crippen molar-refractivity contribution in [3.8, 4) is 0 Å². The van der Waals surface area contributed by atoms with E-state index in [0.717, 1.165) is 48.1 Å². The Hall–Kier alpha value is -1.82. The molecule has 4 rings (SSSR count). The van der Waals surface area contributed by atoms with Crippen molar-refractivity contribution in [3.63, 3.8) is 0 Å². The molecule has 29 heavy (non-hydrogen) atoms. The molecular weight excluding hydrogens is 400 g/mol. The monoisotopic (exact) mass is 426 g/mol. The molecule has 0 unspecified atom stereocenters. The third kappa shape index (κ3) is 4.85. The lowest BCUT2D eigenvalue weighted by molar-refractivity contribution is 0.280. The van der Waals surface area contributed by atoms with Crippen LogP contribution in [0.25, 0.3) is 0 Å². The minimum Gasteiger partial charge on any atom is -0.354 e. The van der Waals surface area contributed by atoms with Crippen molar-refractivity contribution in [2.24, 2.45) is 0 Å². The first-order valence-corrected chi connectivity index (χ1v) is 11.5. The number of rotatable bonds is 5. The maximum absolute atomic E-state index is 8.83. The first kappa shape index (κ1) is 20.5. The maximum atomic E-state index is 8.83. The fourth-order valence-corrected chi connectivity index (χ4v) is 5.54. The Kier molecular flexibility index (Phi) is 6.58. The molecule has 6 heteroatoms. The second-order valence-corrected chi connectivity index (χ2v) is 9.53. The maximum Gasteiger partial charge on any atom is 0.128 e. The smallest absolute Gasteiger partial charge is 0.128 e. The van der Waals surface area contributed by atoms with Crippen molar-refractivity contribution in [2.45, 2.75) is 30.9 Å². The van der Waals surface area contributed by atoms with E-state index in [1.165, 1.54) is 25.7 Å². The Morgan fingerprint density at radius 2 is 1.48 bits per heavy atom. The predicted molar refractivity (Wildman–Crippen MR) is 124 cm³/mol. The summed E-state index contributed by atoms with van der Waals surface area (Å²) in [5.41, 5.74) is 2.86. The van der Waals surface area contributed by atoms with Crippen molar-refractivity contribution < 1.29 is 0 Å². The van der Waals surface area contributed by atoms with Crippen LogP contribution in [0.1, 0.15) is 42.4 Å². The molecule has 152 valence electrons. The average Bonchev–Trinajstić information content (AvgIpc) is 3.27. The van der Waals surface area contributed by atoms with Crippen LogP contribution in [0, 0.1) is 10.8 Å². The molecule has 2 N–H and O–H groups in total. The van der Waals surface area contributed by atoms with E-state index in [0.29, 0.717) is 16.6 Å². The van der Waals surface area contributed by atoms with Crippen LogP contribution in [0.2, 0.25) is 5.02 Å². The van der Waals surface area contributed by atoms with Crippen molar-refractivity contribution >= 4 is 35.1 Å². The largest absolute Gasteiger partial charge is 0.354 e. The molecule has 0 amide bonds. The van der Waals surface area contributed by atoms with E-state index >= 15 is 0 Å². The zero-order valence-corrected chi connectivity index (χ0v) is 18.1. The van der Waals surface area contributed by atoms with E-state index in [2.05, 4.69) is 9.21 Å². The number of amidine groups is 1. The molecular formula is C23H27ClN4S. The van der Waals surface area contributed by atoms with Crippen LogP contribution in [0.4, 0.5) is 0 Å². The number of hydrogen-bond acceptors (Lipinski definition) is 4. The lowest BCUT2D eigenvalue weighted by atomic mass is 9.96. The van der Waals surface area contributed by atoms with E-state index in [-0.39, 0.29) is 0 Å². The fourth-order valence-electron chi connectivity index (χ4n) is 4.07. The van der Waals surface area contributed by atoms with Gasteiger partial charge in [0.1, 0.15) is 5.84 Å². The quantitative estimate of drug-likeness (QED) is 0.388. The molecule has 1 aliphatic heterocycles. The van der Waals surface area contributed by atoms with Crippen molar-refractivity contribution in [1.29, 1.82) is 10.8 Å². The van der Waals surface area contributed by atoms with Gasteiger partial charge in [-0.2, -0.15) is 0 Å². The Labute approximate surface area is 182 Å². The number of hydrogen-bond donors (Lipinski definition) is 2. The molecule has 0 radical (unpaired) electrons. The van der Waals surface area contributed by atoms with Gasteiger partial charge in [0.05, 0.1) is 5.71 Å². The highest BCUT2D eigenvalue weighted by atomic mass is 35.5. The van der Waals surface area contributed by atoms with Gasteiger partial charge in [-0.05, 0) is 25.0 Å². The van der Waals surface area contributed by atoms with Gasteiger partial charge in [-0.1, -0.05) is 72.8 Å². The number of nitrogens with zero attached hydrogens (tertiary/aromatic N) is 2. The van der Waals surface area contributed by atoms with Crippen LogP contribution < -0.4 is 0 Å². The van der Waals surface area contributed by atoms with Gasteiger partial charge < -0.3 is 4.90 Å². The molecule has 2 fully saturated rings. The highest BCUT2D eigenvalue weighted by molar-refractivity contribution is 7.97. The molecule has 0 atom stereocenters. The summed E-state index contributed by atoms with van der Waals surface area (Å²) in [7, 11) is 0. The number of benzene rings is 2. The summed E-state index contributed by atoms with van der Waals surface area (Å²) < 4.78 is 2.49. The average molecular weight is 427 g/mol. The Morgan fingerprint density at radius 1 is 0.862 bits per heavy atom. The third-order valence-corrected chi connectivity index (χ3v) is 7.42. The minimum atomic E-state index is 0.428. The van der Waals surface area contributed by atoms with Crippen molar-refractivity contribution in [2.75, 3.05) is 26.2 Å². The van der Waals surface area contributed by atoms with Crippen LogP contribution in [0.15, 0.2) is 48.5 Å². The van der Waals surface area contributed by atoms with Gasteiger partial charge in [0, 0.05) is 53.1 Å². The summed E-state index contributed by atoms with van der Waals surface area (Å²) in [6.07, 6.45) is 5.44. The Balaban J connectivity index is 1.44. The first-order valence-electron chi connectivity index (χ1n) is 10.3. The van der Waals surface area contributed by atoms with Crippen LogP contribution in [-0.2, 0) is 0 Å². The van der Waals surface area contributed by atoms with Gasteiger partial charge in [0.2, 0.25) is 0 Å². The molecule has 1 saturated heterocycles. The molecule has 1 aliphatic carbocycles. The number of halogens is 1. The summed E-state index contributed by atoms with van der Waals surface area (Å²) in [4.78, 5) is 2.15. The normalized spacial score (nSPS) is 18.2. The van der Waals surface area contributed by atoms with E-state index < -0.39 is 0 Å². The lowest BCUT2D eigenvalue weighted by Gasteiger charge is -2.36. The van der Waals surface area contributed by atoms with Gasteiger partial charge in [0.25, 0.3) is 0 Å². The summed E-state index contributed by atoms with van der Waals surface area (Å²) in [6.45, 7) is 3.70. The van der Waals surface area contributed by atoms with Gasteiger partial charge in [-0.3, -0.25) is 10.8 Å². The molecule has 2 aromatic carbocycles. The van der Waals surface area contributed by atoms with Gasteiger partial charge in [0.15, 0.2) is 0 Å². The number of nitrogens with one attached hydrogen (secondary N) is 2. The van der Waals surface area contributed by atoms with Crippen LogP contribution in [0.3, 0.4) is 0 Å². The van der Waals surface area contributed by atoms with E-state index in [1.54, 1.807) is 12.1 Å². The molecule has 0 aromatic heterocycles. The van der Waals surface area contributed by atoms with Gasteiger partial charge in [-0.15, -0.1) is 0 Å². The molecule has 2 aliphatic rings. The zero-order chi connectivity index (χ0) is 20.2. The highest BCUT2D eigenvalue weighted by Crippen LogP contribution is 2.32. The Morgan fingerprint density at radius 3 is 2.14 bits per heavy atom. The Bertz CT molecular complexity index is 869. The van der Waals surface area contributed by atoms with Crippen LogP contribution >= 0.6 is 23.5 Å². The van der Waals surface area contributed by atoms with Crippen LogP contribution in [0.5, 0.6) is 0 Å². The standard InChI is InChI=1S/C23H27ClN4S/c24-18-11-9-17(10-12-18)22(25)20-7-3-4-8-21(20)23(26)27-13-15-28(16-14-27)29-19-5-1-2-6-19/h3-4,7-12,19,25-26H,1-2,5-6,13-16H2. The van der Waals surface area contributed by atoms with Crippen LogP contribution in [-0.4, -0.2) is 52.2 Å². The molecule has 0 spiro atoms. The molecule has 1 heterocycles. The lowest BCUT2D eigenvalue weighted by Crippen LogP contribution is -2.47. The molecule has 1 saturated carbocycles. The van der Waals surface area contributed by atoms with E-state index in [9.17, 15) is 0 Å². The van der Waals surface area contributed by atoms with Crippen molar-refractivity contribution in [1.82, 2.24) is 9.21 Å². The predicted octanol–water partition coefficient (Wildman–Crippen LogP) is 5.29. The molecule has 0 bridgehead atoms. The van der Waals surface area contributed by atoms with E-state index in [1.807, 2.05) is 48.3 Å². The second-order valence-electron chi connectivity index (χ2n) is 7.70. The van der Waals surface area contributed by atoms with Crippen molar-refractivity contribution in [3.05, 3.63) is 70.2 Å². The SMILES string of the molecule is N=C(c1ccc(Cl)cc1)c1ccccc1C(=N)N1CCN(SC2CCCC2)CC1. The van der Waals surface area contributed by atoms with E-state index in [4.69, 9.17) is 22.4 Å².